The Bertz CT molecular complexity index is 160. The van der Waals surface area contributed by atoms with Gasteiger partial charge in [-0.3, -0.25) is 4.79 Å². The second-order valence-electron chi connectivity index (χ2n) is 2.80. The van der Waals surface area contributed by atoms with Gasteiger partial charge in [0.05, 0.1) is 13.2 Å². The molecule has 4 nitrogen and oxygen atoms in total. The number of hydrogen-bond donors (Lipinski definition) is 1. The first kappa shape index (κ1) is 9.64. The summed E-state index contributed by atoms with van der Waals surface area (Å²) in [6, 6.07) is 0. The molecular weight excluding hydrogens is 160 g/mol. The Hall–Kier alpha value is -0.450. The molecular formula is C8H14O4. The van der Waals surface area contributed by atoms with Gasteiger partial charge in [-0.15, -0.1) is 0 Å². The lowest BCUT2D eigenvalue weighted by Gasteiger charge is -2.19. The van der Waals surface area contributed by atoms with Gasteiger partial charge in [-0.2, -0.15) is 0 Å². The zero-order valence-electron chi connectivity index (χ0n) is 7.21. The van der Waals surface area contributed by atoms with Gasteiger partial charge in [0.1, 0.15) is 5.78 Å². The lowest BCUT2D eigenvalue weighted by molar-refractivity contribution is -0.307. The second kappa shape index (κ2) is 3.98. The van der Waals surface area contributed by atoms with Crippen molar-refractivity contribution in [3.8, 4) is 0 Å². The van der Waals surface area contributed by atoms with E-state index in [1.807, 2.05) is 0 Å². The van der Waals surface area contributed by atoms with Gasteiger partial charge in [-0.05, 0) is 0 Å². The van der Waals surface area contributed by atoms with Gasteiger partial charge in [-0.25, -0.2) is 0 Å². The second-order valence-corrected chi connectivity index (χ2v) is 2.80. The van der Waals surface area contributed by atoms with Crippen molar-refractivity contribution in [3.05, 3.63) is 0 Å². The van der Waals surface area contributed by atoms with Crippen molar-refractivity contribution >= 4 is 5.78 Å². The van der Waals surface area contributed by atoms with Crippen molar-refractivity contribution in [2.24, 2.45) is 0 Å². The minimum absolute atomic E-state index is 0.113. The number of hydrogen-bond acceptors (Lipinski definition) is 4. The van der Waals surface area contributed by atoms with Crippen LogP contribution >= 0.6 is 0 Å². The molecule has 1 aliphatic rings. The molecule has 1 aliphatic heterocycles. The number of ether oxygens (including phenoxy) is 2. The summed E-state index contributed by atoms with van der Waals surface area (Å²) in [6.07, 6.45) is 1.04. The average molecular weight is 174 g/mol. The molecule has 1 saturated heterocycles. The maximum atomic E-state index is 10.9. The van der Waals surface area contributed by atoms with Crippen molar-refractivity contribution in [1.29, 1.82) is 0 Å². The van der Waals surface area contributed by atoms with Crippen LogP contribution < -0.4 is 0 Å². The zero-order chi connectivity index (χ0) is 9.03. The molecule has 1 fully saturated rings. The van der Waals surface area contributed by atoms with Crippen LogP contribution in [-0.2, 0) is 14.3 Å². The van der Waals surface area contributed by atoms with Gasteiger partial charge >= 0.3 is 0 Å². The third-order valence-corrected chi connectivity index (χ3v) is 1.85. The quantitative estimate of drug-likeness (QED) is 0.671. The van der Waals surface area contributed by atoms with Crippen molar-refractivity contribution < 1.29 is 19.4 Å². The average Bonchev–Trinajstić information content (AvgIpc) is 2.49. The Balaban J connectivity index is 2.25. The van der Waals surface area contributed by atoms with E-state index in [-0.39, 0.29) is 12.2 Å². The van der Waals surface area contributed by atoms with Gasteiger partial charge in [0, 0.05) is 19.3 Å². The van der Waals surface area contributed by atoms with Gasteiger partial charge in [-0.1, -0.05) is 6.92 Å². The first-order chi connectivity index (χ1) is 5.66. The summed E-state index contributed by atoms with van der Waals surface area (Å²) in [5, 5.41) is 9.44. The summed E-state index contributed by atoms with van der Waals surface area (Å²) in [6.45, 7) is 2.59. The summed E-state index contributed by atoms with van der Waals surface area (Å²) in [5.41, 5.74) is 0. The number of aliphatic hydroxyl groups is 1. The molecule has 0 amide bonds. The maximum absolute atomic E-state index is 10.9. The van der Waals surface area contributed by atoms with E-state index in [4.69, 9.17) is 9.47 Å². The third-order valence-electron chi connectivity index (χ3n) is 1.85. The first-order valence-electron chi connectivity index (χ1n) is 4.18. The van der Waals surface area contributed by atoms with Crippen LogP contribution in [0, 0.1) is 0 Å². The van der Waals surface area contributed by atoms with E-state index in [2.05, 4.69) is 0 Å². The topological polar surface area (TPSA) is 55.8 Å². The number of carbonyl (C=O) groups is 1. The van der Waals surface area contributed by atoms with Crippen LogP contribution in [0.3, 0.4) is 0 Å². The fourth-order valence-electron chi connectivity index (χ4n) is 1.06. The molecule has 0 aromatic carbocycles. The van der Waals surface area contributed by atoms with E-state index < -0.39 is 5.97 Å². The molecule has 1 N–H and O–H groups in total. The molecule has 12 heavy (non-hydrogen) atoms. The first-order valence-corrected chi connectivity index (χ1v) is 4.18. The predicted octanol–water partition coefficient (Wildman–Crippen LogP) is 0.439. The smallest absolute Gasteiger partial charge is 0.280 e. The number of carbonyl (C=O) groups excluding carboxylic acids is 1. The van der Waals surface area contributed by atoms with Crippen molar-refractivity contribution in [3.63, 3.8) is 0 Å². The lowest BCUT2D eigenvalue weighted by atomic mass is 10.1. The highest BCUT2D eigenvalue weighted by Gasteiger charge is 2.33. The molecule has 4 heteroatoms. The number of Topliss-reactive ketones (excluding diaryl/α,β-unsaturated/α-hetero) is 1. The molecule has 0 saturated carbocycles. The van der Waals surface area contributed by atoms with Crippen LogP contribution in [0.5, 0.6) is 0 Å². The number of rotatable bonds is 4. The molecule has 0 unspecified atom stereocenters. The fraction of sp³-hybridized carbons (Fsp3) is 0.875. The number of ketones is 1. The zero-order valence-corrected chi connectivity index (χ0v) is 7.21. The van der Waals surface area contributed by atoms with Gasteiger partial charge in [0.25, 0.3) is 5.97 Å². The van der Waals surface area contributed by atoms with Gasteiger partial charge in [0.15, 0.2) is 0 Å². The van der Waals surface area contributed by atoms with Crippen LogP contribution in [0.25, 0.3) is 0 Å². The monoisotopic (exact) mass is 174 g/mol. The Morgan fingerprint density at radius 1 is 1.50 bits per heavy atom. The summed E-state index contributed by atoms with van der Waals surface area (Å²) in [5.74, 6) is -1.38. The minimum atomic E-state index is -1.50. The van der Waals surface area contributed by atoms with Crippen LogP contribution in [0.15, 0.2) is 0 Å². The van der Waals surface area contributed by atoms with Crippen molar-refractivity contribution in [2.45, 2.75) is 32.2 Å². The largest absolute Gasteiger partial charge is 0.343 e. The lowest BCUT2D eigenvalue weighted by Crippen LogP contribution is -2.30. The van der Waals surface area contributed by atoms with E-state index in [9.17, 15) is 9.90 Å². The SMILES string of the molecule is CCC(=O)CCC1(O)OCCO1. The van der Waals surface area contributed by atoms with E-state index in [1.54, 1.807) is 6.92 Å². The highest BCUT2D eigenvalue weighted by molar-refractivity contribution is 5.77. The fourth-order valence-corrected chi connectivity index (χ4v) is 1.06. The van der Waals surface area contributed by atoms with Gasteiger partial charge < -0.3 is 14.6 Å². The normalized spacial score (nSPS) is 21.2. The van der Waals surface area contributed by atoms with Crippen LogP contribution in [0.2, 0.25) is 0 Å². The third kappa shape index (κ3) is 2.55. The van der Waals surface area contributed by atoms with Crippen LogP contribution in [0.1, 0.15) is 26.2 Å². The van der Waals surface area contributed by atoms with E-state index in [1.165, 1.54) is 0 Å². The Morgan fingerprint density at radius 2 is 2.08 bits per heavy atom. The highest BCUT2D eigenvalue weighted by atomic mass is 16.8. The Kier molecular flexibility index (Phi) is 3.20. The molecule has 0 bridgehead atoms. The predicted molar refractivity (Wildman–Crippen MR) is 41.4 cm³/mol. The summed E-state index contributed by atoms with van der Waals surface area (Å²) < 4.78 is 9.83. The molecule has 0 atom stereocenters. The maximum Gasteiger partial charge on any atom is 0.280 e. The Labute approximate surface area is 71.5 Å². The summed E-state index contributed by atoms with van der Waals surface area (Å²) in [7, 11) is 0. The van der Waals surface area contributed by atoms with E-state index >= 15 is 0 Å². The summed E-state index contributed by atoms with van der Waals surface area (Å²) >= 11 is 0. The van der Waals surface area contributed by atoms with E-state index in [0.29, 0.717) is 26.1 Å². The molecule has 0 radical (unpaired) electrons. The molecule has 0 spiro atoms. The molecule has 0 aromatic rings. The summed E-state index contributed by atoms with van der Waals surface area (Å²) in [4.78, 5) is 10.9. The molecule has 1 heterocycles. The standard InChI is InChI=1S/C8H14O4/c1-2-7(9)3-4-8(10)11-5-6-12-8/h10H,2-6H2,1H3. The minimum Gasteiger partial charge on any atom is -0.343 e. The highest BCUT2D eigenvalue weighted by Crippen LogP contribution is 2.21. The molecule has 0 aliphatic carbocycles. The molecule has 1 rings (SSSR count). The van der Waals surface area contributed by atoms with E-state index in [0.717, 1.165) is 0 Å². The molecule has 0 aromatic heterocycles. The van der Waals surface area contributed by atoms with Crippen molar-refractivity contribution in [1.82, 2.24) is 0 Å². The van der Waals surface area contributed by atoms with Gasteiger partial charge in [0.2, 0.25) is 0 Å². The van der Waals surface area contributed by atoms with Crippen LogP contribution in [0.4, 0.5) is 0 Å². The molecule has 70 valence electrons. The Morgan fingerprint density at radius 3 is 2.58 bits per heavy atom. The van der Waals surface area contributed by atoms with Crippen molar-refractivity contribution in [2.75, 3.05) is 13.2 Å². The van der Waals surface area contributed by atoms with Crippen LogP contribution in [-0.4, -0.2) is 30.1 Å².